The van der Waals surface area contributed by atoms with Gasteiger partial charge in [0, 0.05) is 69.5 Å². The zero-order valence-electron chi connectivity index (χ0n) is 20.7. The molecule has 2 fully saturated rings. The van der Waals surface area contributed by atoms with E-state index in [2.05, 4.69) is 20.1 Å². The van der Waals surface area contributed by atoms with Crippen molar-refractivity contribution in [1.29, 1.82) is 0 Å². The SMILES string of the molecule is Cc1cc(NC2CCN(C(=O)CCN3CCN(c4ccc(C(F)(F)F)cc4)CC3)CC2)ncc1[N+](=O)[O-]. The summed E-state index contributed by atoms with van der Waals surface area (Å²) in [6, 6.07) is 7.08. The Labute approximate surface area is 213 Å². The second kappa shape index (κ2) is 11.3. The molecule has 0 unspecified atom stereocenters. The molecule has 9 nitrogen and oxygen atoms in total. The van der Waals surface area contributed by atoms with Crippen LogP contribution in [0.4, 0.5) is 30.4 Å². The lowest BCUT2D eigenvalue weighted by Gasteiger charge is -2.37. The van der Waals surface area contributed by atoms with Gasteiger partial charge in [-0.3, -0.25) is 19.8 Å². The van der Waals surface area contributed by atoms with Crippen molar-refractivity contribution < 1.29 is 22.9 Å². The number of benzene rings is 1. The zero-order chi connectivity index (χ0) is 26.6. The molecule has 3 heterocycles. The molecule has 0 bridgehead atoms. The third-order valence-corrected chi connectivity index (χ3v) is 7.05. The molecule has 200 valence electrons. The molecule has 0 saturated carbocycles. The lowest BCUT2D eigenvalue weighted by atomic mass is 10.0. The van der Waals surface area contributed by atoms with Crippen molar-refractivity contribution in [2.75, 3.05) is 56.0 Å². The van der Waals surface area contributed by atoms with Crippen LogP contribution in [0.1, 0.15) is 30.4 Å². The molecule has 1 amide bonds. The Morgan fingerprint density at radius 1 is 1.11 bits per heavy atom. The molecule has 0 aliphatic carbocycles. The predicted octanol–water partition coefficient (Wildman–Crippen LogP) is 3.93. The molecule has 2 aliphatic rings. The van der Waals surface area contributed by atoms with E-state index in [0.29, 0.717) is 50.5 Å². The number of rotatable bonds is 7. The number of likely N-dealkylation sites (tertiary alicyclic amines) is 1. The Hall–Kier alpha value is -3.41. The Bertz CT molecular complexity index is 1100. The van der Waals surface area contributed by atoms with Crippen molar-refractivity contribution in [3.05, 3.63) is 57.8 Å². The molecular weight excluding hydrogens is 489 g/mol. The first-order valence-corrected chi connectivity index (χ1v) is 12.4. The van der Waals surface area contributed by atoms with Crippen LogP contribution in [0.2, 0.25) is 0 Å². The number of anilines is 2. The average Bonchev–Trinajstić information content (AvgIpc) is 2.87. The van der Waals surface area contributed by atoms with Crippen molar-refractivity contribution in [1.82, 2.24) is 14.8 Å². The molecule has 0 spiro atoms. The summed E-state index contributed by atoms with van der Waals surface area (Å²) >= 11 is 0. The van der Waals surface area contributed by atoms with Gasteiger partial charge in [-0.25, -0.2) is 4.98 Å². The van der Waals surface area contributed by atoms with Crippen LogP contribution in [0.3, 0.4) is 0 Å². The van der Waals surface area contributed by atoms with E-state index in [1.165, 1.54) is 18.3 Å². The first kappa shape index (κ1) is 26.6. The van der Waals surface area contributed by atoms with E-state index in [0.717, 1.165) is 43.8 Å². The smallest absolute Gasteiger partial charge is 0.369 e. The number of nitro groups is 1. The number of alkyl halides is 3. The minimum atomic E-state index is -4.33. The van der Waals surface area contributed by atoms with E-state index >= 15 is 0 Å². The number of piperidine rings is 1. The van der Waals surface area contributed by atoms with E-state index in [1.807, 2.05) is 4.90 Å². The largest absolute Gasteiger partial charge is 0.416 e. The second-order valence-corrected chi connectivity index (χ2v) is 9.54. The predicted molar refractivity (Wildman–Crippen MR) is 134 cm³/mol. The summed E-state index contributed by atoms with van der Waals surface area (Å²) in [4.78, 5) is 33.6. The number of hydrogen-bond acceptors (Lipinski definition) is 7. The van der Waals surface area contributed by atoms with Crippen LogP contribution in [0.15, 0.2) is 36.5 Å². The summed E-state index contributed by atoms with van der Waals surface area (Å²) < 4.78 is 38.3. The lowest BCUT2D eigenvalue weighted by Crippen LogP contribution is -2.48. The molecule has 1 aromatic carbocycles. The average molecular weight is 521 g/mol. The van der Waals surface area contributed by atoms with Gasteiger partial charge < -0.3 is 15.1 Å². The van der Waals surface area contributed by atoms with Crippen molar-refractivity contribution in [2.45, 2.75) is 38.4 Å². The number of carbonyl (C=O) groups excluding carboxylic acids is 1. The minimum absolute atomic E-state index is 0.00744. The third kappa shape index (κ3) is 6.88. The number of amides is 1. The first-order chi connectivity index (χ1) is 17.6. The maximum Gasteiger partial charge on any atom is 0.416 e. The van der Waals surface area contributed by atoms with Gasteiger partial charge in [-0.1, -0.05) is 0 Å². The van der Waals surface area contributed by atoms with Crippen LogP contribution in [-0.2, 0) is 11.0 Å². The highest BCUT2D eigenvalue weighted by molar-refractivity contribution is 5.76. The number of hydrogen-bond donors (Lipinski definition) is 1. The zero-order valence-corrected chi connectivity index (χ0v) is 20.7. The highest BCUT2D eigenvalue weighted by atomic mass is 19.4. The van der Waals surface area contributed by atoms with Crippen molar-refractivity contribution in [2.24, 2.45) is 0 Å². The molecule has 2 saturated heterocycles. The van der Waals surface area contributed by atoms with Gasteiger partial charge in [0.2, 0.25) is 5.91 Å². The molecule has 1 N–H and O–H groups in total. The summed E-state index contributed by atoms with van der Waals surface area (Å²) in [6.45, 7) is 6.53. The fourth-order valence-electron chi connectivity index (χ4n) is 4.80. The normalized spacial score (nSPS) is 17.6. The Morgan fingerprint density at radius 3 is 2.32 bits per heavy atom. The summed E-state index contributed by atoms with van der Waals surface area (Å²) in [5, 5.41) is 14.3. The van der Waals surface area contributed by atoms with Gasteiger partial charge in [0.05, 0.1) is 10.5 Å². The van der Waals surface area contributed by atoms with E-state index in [1.54, 1.807) is 13.0 Å². The van der Waals surface area contributed by atoms with Gasteiger partial charge in [-0.05, 0) is 50.1 Å². The highest BCUT2D eigenvalue weighted by Gasteiger charge is 2.30. The number of carbonyl (C=O) groups is 1. The van der Waals surface area contributed by atoms with Crippen LogP contribution in [0.5, 0.6) is 0 Å². The summed E-state index contributed by atoms with van der Waals surface area (Å²) in [6.07, 6.45) is -1.09. The van der Waals surface area contributed by atoms with E-state index in [4.69, 9.17) is 0 Å². The molecule has 0 atom stereocenters. The minimum Gasteiger partial charge on any atom is -0.369 e. The van der Waals surface area contributed by atoms with E-state index in [9.17, 15) is 28.1 Å². The Kier molecular flexibility index (Phi) is 8.16. The van der Waals surface area contributed by atoms with E-state index in [-0.39, 0.29) is 17.6 Å². The summed E-state index contributed by atoms with van der Waals surface area (Å²) in [5.41, 5.74) is 0.674. The van der Waals surface area contributed by atoms with Crippen LogP contribution in [0, 0.1) is 17.0 Å². The van der Waals surface area contributed by atoms with Gasteiger partial charge in [0.1, 0.15) is 12.0 Å². The monoisotopic (exact) mass is 520 g/mol. The standard InChI is InChI=1S/C25H31F3N6O3/c1-18-16-23(29-17-22(18)34(36)37)30-20-6-10-33(11-7-20)24(35)8-9-31-12-14-32(15-13-31)21-4-2-19(3-5-21)25(26,27)28/h2-5,16-17,20H,6-15H2,1H3,(H,29,30). The fourth-order valence-corrected chi connectivity index (χ4v) is 4.80. The molecular formula is C25H31F3N6O3. The Balaban J connectivity index is 1.16. The Morgan fingerprint density at radius 2 is 1.76 bits per heavy atom. The lowest BCUT2D eigenvalue weighted by molar-refractivity contribution is -0.385. The summed E-state index contributed by atoms with van der Waals surface area (Å²) in [5.74, 6) is 0.719. The fraction of sp³-hybridized carbons (Fsp3) is 0.520. The van der Waals surface area contributed by atoms with Crippen LogP contribution >= 0.6 is 0 Å². The molecule has 37 heavy (non-hydrogen) atoms. The van der Waals surface area contributed by atoms with E-state index < -0.39 is 16.7 Å². The van der Waals surface area contributed by atoms with Crippen LogP contribution in [-0.4, -0.2) is 77.5 Å². The number of pyridine rings is 1. The number of halogens is 3. The van der Waals surface area contributed by atoms with Crippen molar-refractivity contribution in [3.63, 3.8) is 0 Å². The topological polar surface area (TPSA) is 94.9 Å². The first-order valence-electron chi connectivity index (χ1n) is 12.4. The van der Waals surface area contributed by atoms with Gasteiger partial charge in [-0.15, -0.1) is 0 Å². The van der Waals surface area contributed by atoms with Gasteiger partial charge in [0.25, 0.3) is 5.69 Å². The summed E-state index contributed by atoms with van der Waals surface area (Å²) in [7, 11) is 0. The number of piperazine rings is 1. The number of aryl methyl sites for hydroxylation is 1. The van der Waals surface area contributed by atoms with Gasteiger partial charge in [0.15, 0.2) is 0 Å². The molecule has 0 radical (unpaired) electrons. The molecule has 12 heteroatoms. The van der Waals surface area contributed by atoms with Crippen molar-refractivity contribution >= 4 is 23.1 Å². The van der Waals surface area contributed by atoms with Crippen LogP contribution < -0.4 is 10.2 Å². The number of nitrogens with zero attached hydrogens (tertiary/aromatic N) is 5. The number of aromatic nitrogens is 1. The molecule has 1 aromatic heterocycles. The quantitative estimate of drug-likeness (QED) is 0.437. The third-order valence-electron chi connectivity index (χ3n) is 7.05. The molecule has 4 rings (SSSR count). The van der Waals surface area contributed by atoms with Gasteiger partial charge >= 0.3 is 6.18 Å². The van der Waals surface area contributed by atoms with Crippen LogP contribution in [0.25, 0.3) is 0 Å². The number of nitrogens with one attached hydrogen (secondary N) is 1. The maximum atomic E-state index is 12.8. The molecule has 2 aliphatic heterocycles. The maximum absolute atomic E-state index is 12.8. The molecule has 2 aromatic rings. The van der Waals surface area contributed by atoms with Crippen molar-refractivity contribution in [3.8, 4) is 0 Å². The highest BCUT2D eigenvalue weighted by Crippen LogP contribution is 2.30. The second-order valence-electron chi connectivity index (χ2n) is 9.54. The van der Waals surface area contributed by atoms with Gasteiger partial charge in [-0.2, -0.15) is 13.2 Å².